The van der Waals surface area contributed by atoms with E-state index in [1.165, 1.54) is 7.11 Å². The monoisotopic (exact) mass is 468 g/mol. The summed E-state index contributed by atoms with van der Waals surface area (Å²) >= 11 is 0. The van der Waals surface area contributed by atoms with Crippen molar-refractivity contribution in [2.45, 2.75) is 45.7 Å². The van der Waals surface area contributed by atoms with Gasteiger partial charge in [-0.15, -0.1) is 0 Å². The molecule has 2 aromatic carbocycles. The smallest absolute Gasteiger partial charge is 0.343 e. The lowest BCUT2D eigenvalue weighted by molar-refractivity contribution is -0.142. The highest BCUT2D eigenvalue weighted by atomic mass is 16.6. The molecule has 2 atom stereocenters. The maximum absolute atomic E-state index is 13.3. The lowest BCUT2D eigenvalue weighted by Gasteiger charge is -2.36. The zero-order valence-corrected chi connectivity index (χ0v) is 20.1. The number of carbonyl (C=O) groups is 3. The van der Waals surface area contributed by atoms with E-state index in [9.17, 15) is 14.4 Å². The SMILES string of the molecule is CCC(C)CC(=O)N1Cc2cc(OCC(=O)OC)ccc2CC1C(=O)Nc1ccc(OC)cc1. The number of ether oxygens (including phenoxy) is 3. The molecule has 1 N–H and O–H groups in total. The number of anilines is 1. The lowest BCUT2D eigenvalue weighted by atomic mass is 9.92. The third-order valence-corrected chi connectivity index (χ3v) is 6.09. The second-order valence-corrected chi connectivity index (χ2v) is 8.47. The van der Waals surface area contributed by atoms with Gasteiger partial charge in [0.2, 0.25) is 11.8 Å². The number of nitrogens with zero attached hydrogens (tertiary/aromatic N) is 1. The van der Waals surface area contributed by atoms with Gasteiger partial charge in [-0.25, -0.2) is 4.79 Å². The highest BCUT2D eigenvalue weighted by Crippen LogP contribution is 2.29. The molecule has 8 nitrogen and oxygen atoms in total. The van der Waals surface area contributed by atoms with Crippen LogP contribution in [0.15, 0.2) is 42.5 Å². The molecule has 2 amide bonds. The Kier molecular flexibility index (Phi) is 8.51. The molecule has 0 bridgehead atoms. The minimum absolute atomic E-state index is 0.0595. The molecule has 1 aliphatic heterocycles. The standard InChI is InChI=1S/C26H32N2O6/c1-5-17(2)12-24(29)28-15-19-13-22(34-16-25(30)33-4)9-6-18(19)14-23(28)26(31)27-20-7-10-21(32-3)11-8-20/h6-11,13,17,23H,5,12,14-16H2,1-4H3,(H,27,31). The summed E-state index contributed by atoms with van der Waals surface area (Å²) in [6.45, 7) is 4.17. The Morgan fingerprint density at radius 3 is 2.41 bits per heavy atom. The van der Waals surface area contributed by atoms with Crippen LogP contribution in [-0.4, -0.2) is 49.6 Å². The van der Waals surface area contributed by atoms with Crippen molar-refractivity contribution in [3.63, 3.8) is 0 Å². The second kappa shape index (κ2) is 11.5. The fourth-order valence-electron chi connectivity index (χ4n) is 3.81. The summed E-state index contributed by atoms with van der Waals surface area (Å²) in [5.74, 6) is 0.655. The average Bonchev–Trinajstić information content (AvgIpc) is 2.86. The molecular weight excluding hydrogens is 436 g/mol. The largest absolute Gasteiger partial charge is 0.497 e. The Morgan fingerprint density at radius 1 is 1.06 bits per heavy atom. The van der Waals surface area contributed by atoms with Crippen LogP contribution in [0.2, 0.25) is 0 Å². The highest BCUT2D eigenvalue weighted by molar-refractivity contribution is 5.97. The summed E-state index contributed by atoms with van der Waals surface area (Å²) in [6, 6.07) is 11.9. The van der Waals surface area contributed by atoms with E-state index in [2.05, 4.69) is 10.1 Å². The topological polar surface area (TPSA) is 94.2 Å². The van der Waals surface area contributed by atoms with E-state index in [0.717, 1.165) is 17.5 Å². The van der Waals surface area contributed by atoms with Crippen LogP contribution in [0.5, 0.6) is 11.5 Å². The minimum atomic E-state index is -0.631. The Labute approximate surface area is 200 Å². The summed E-state index contributed by atoms with van der Waals surface area (Å²) in [7, 11) is 2.89. The van der Waals surface area contributed by atoms with Gasteiger partial charge in [-0.2, -0.15) is 0 Å². The van der Waals surface area contributed by atoms with E-state index in [0.29, 0.717) is 36.6 Å². The summed E-state index contributed by atoms with van der Waals surface area (Å²) in [4.78, 5) is 39.5. The molecule has 0 spiro atoms. The molecule has 34 heavy (non-hydrogen) atoms. The number of methoxy groups -OCH3 is 2. The first-order chi connectivity index (χ1) is 16.3. The first-order valence-corrected chi connectivity index (χ1v) is 11.4. The molecule has 2 aromatic rings. The van der Waals surface area contributed by atoms with Crippen LogP contribution in [-0.2, 0) is 32.1 Å². The fourth-order valence-corrected chi connectivity index (χ4v) is 3.81. The van der Waals surface area contributed by atoms with Crippen LogP contribution in [0, 0.1) is 5.92 Å². The van der Waals surface area contributed by atoms with Gasteiger partial charge in [-0.05, 0) is 53.4 Å². The number of hydrogen-bond acceptors (Lipinski definition) is 6. The van der Waals surface area contributed by atoms with Crippen LogP contribution < -0.4 is 14.8 Å². The van der Waals surface area contributed by atoms with Crippen LogP contribution in [0.4, 0.5) is 5.69 Å². The minimum Gasteiger partial charge on any atom is -0.497 e. The van der Waals surface area contributed by atoms with E-state index in [-0.39, 0.29) is 24.3 Å². The average molecular weight is 469 g/mol. The molecule has 0 fully saturated rings. The van der Waals surface area contributed by atoms with Gasteiger partial charge < -0.3 is 24.4 Å². The summed E-state index contributed by atoms with van der Waals surface area (Å²) < 4.78 is 15.3. The molecule has 182 valence electrons. The fraction of sp³-hybridized carbons (Fsp3) is 0.423. The maximum atomic E-state index is 13.3. The van der Waals surface area contributed by atoms with Gasteiger partial charge in [-0.1, -0.05) is 26.3 Å². The predicted molar refractivity (Wildman–Crippen MR) is 128 cm³/mol. The normalized spacial score (nSPS) is 15.6. The second-order valence-electron chi connectivity index (χ2n) is 8.47. The number of carbonyl (C=O) groups excluding carboxylic acids is 3. The van der Waals surface area contributed by atoms with Crippen molar-refractivity contribution < 1.29 is 28.6 Å². The third-order valence-electron chi connectivity index (χ3n) is 6.09. The molecule has 0 radical (unpaired) electrons. The number of amides is 2. The van der Waals surface area contributed by atoms with Crippen LogP contribution in [0.3, 0.4) is 0 Å². The molecule has 0 saturated carbocycles. The number of benzene rings is 2. The van der Waals surface area contributed by atoms with Crippen molar-refractivity contribution in [1.29, 1.82) is 0 Å². The number of rotatable bonds is 9. The molecule has 2 unspecified atom stereocenters. The molecule has 8 heteroatoms. The Balaban J connectivity index is 1.82. The van der Waals surface area contributed by atoms with Crippen LogP contribution in [0.25, 0.3) is 0 Å². The third kappa shape index (κ3) is 6.27. The molecule has 0 aliphatic carbocycles. The van der Waals surface area contributed by atoms with E-state index in [1.54, 1.807) is 42.3 Å². The van der Waals surface area contributed by atoms with Crippen molar-refractivity contribution >= 4 is 23.5 Å². The Bertz CT molecular complexity index is 1020. The van der Waals surface area contributed by atoms with Gasteiger partial charge in [0.1, 0.15) is 17.5 Å². The van der Waals surface area contributed by atoms with Gasteiger partial charge in [0, 0.05) is 25.1 Å². The zero-order chi connectivity index (χ0) is 24.7. The van der Waals surface area contributed by atoms with E-state index in [1.807, 2.05) is 26.0 Å². The zero-order valence-electron chi connectivity index (χ0n) is 20.1. The van der Waals surface area contributed by atoms with E-state index in [4.69, 9.17) is 9.47 Å². The van der Waals surface area contributed by atoms with Crippen molar-refractivity contribution in [3.05, 3.63) is 53.6 Å². The number of nitrogens with one attached hydrogen (secondary N) is 1. The molecule has 0 aromatic heterocycles. The van der Waals surface area contributed by atoms with Gasteiger partial charge in [-0.3, -0.25) is 9.59 Å². The lowest BCUT2D eigenvalue weighted by Crippen LogP contribution is -2.51. The van der Waals surface area contributed by atoms with Crippen LogP contribution in [0.1, 0.15) is 37.8 Å². The van der Waals surface area contributed by atoms with Crippen molar-refractivity contribution in [2.24, 2.45) is 5.92 Å². The van der Waals surface area contributed by atoms with Crippen molar-refractivity contribution in [3.8, 4) is 11.5 Å². The van der Waals surface area contributed by atoms with Gasteiger partial charge in [0.15, 0.2) is 6.61 Å². The molecule has 0 saturated heterocycles. The molecular formula is C26H32N2O6. The van der Waals surface area contributed by atoms with Gasteiger partial charge in [0.05, 0.1) is 14.2 Å². The quantitative estimate of drug-likeness (QED) is 0.566. The number of esters is 1. The van der Waals surface area contributed by atoms with E-state index >= 15 is 0 Å². The Hall–Kier alpha value is -3.55. The molecule has 3 rings (SSSR count). The number of hydrogen-bond donors (Lipinski definition) is 1. The summed E-state index contributed by atoms with van der Waals surface area (Å²) in [6.07, 6.45) is 1.64. The van der Waals surface area contributed by atoms with Crippen molar-refractivity contribution in [2.75, 3.05) is 26.1 Å². The van der Waals surface area contributed by atoms with Crippen molar-refractivity contribution in [1.82, 2.24) is 4.90 Å². The summed E-state index contributed by atoms with van der Waals surface area (Å²) in [5, 5.41) is 2.93. The van der Waals surface area contributed by atoms with Gasteiger partial charge >= 0.3 is 5.97 Å². The van der Waals surface area contributed by atoms with Crippen LogP contribution >= 0.6 is 0 Å². The maximum Gasteiger partial charge on any atom is 0.343 e. The first-order valence-electron chi connectivity index (χ1n) is 11.4. The number of fused-ring (bicyclic) bond motifs is 1. The predicted octanol–water partition coefficient (Wildman–Crippen LogP) is 3.58. The summed E-state index contributed by atoms with van der Waals surface area (Å²) in [5.41, 5.74) is 2.50. The molecule has 1 heterocycles. The molecule has 1 aliphatic rings. The van der Waals surface area contributed by atoms with E-state index < -0.39 is 12.0 Å². The highest BCUT2D eigenvalue weighted by Gasteiger charge is 2.35. The Morgan fingerprint density at radius 2 is 1.76 bits per heavy atom. The first kappa shape index (κ1) is 25.1. The van der Waals surface area contributed by atoms with Gasteiger partial charge in [0.25, 0.3) is 0 Å².